The maximum atomic E-state index is 13.9. The molecule has 0 spiro atoms. The highest BCUT2D eigenvalue weighted by molar-refractivity contribution is 6.32. The van der Waals surface area contributed by atoms with Crippen LogP contribution in [-0.2, 0) is 17.7 Å². The molecule has 7 nitrogen and oxygen atoms in total. The molecule has 3 heterocycles. The van der Waals surface area contributed by atoms with Gasteiger partial charge in [0.15, 0.2) is 0 Å². The zero-order valence-corrected chi connectivity index (χ0v) is 22.4. The third kappa shape index (κ3) is 5.37. The normalized spacial score (nSPS) is 16.4. The van der Waals surface area contributed by atoms with Gasteiger partial charge in [0.25, 0.3) is 5.91 Å². The van der Waals surface area contributed by atoms with Gasteiger partial charge in [-0.2, -0.15) is 5.10 Å². The van der Waals surface area contributed by atoms with Gasteiger partial charge in [-0.25, -0.2) is 9.48 Å². The van der Waals surface area contributed by atoms with Crippen LogP contribution < -0.4 is 0 Å². The lowest BCUT2D eigenvalue weighted by molar-refractivity contribution is 0.0203. The predicted octanol–water partition coefficient (Wildman–Crippen LogP) is 5.84. The number of benzene rings is 2. The molecule has 1 fully saturated rings. The van der Waals surface area contributed by atoms with Gasteiger partial charge in [-0.05, 0) is 63.3 Å². The fourth-order valence-corrected chi connectivity index (χ4v) is 5.45. The Morgan fingerprint density at radius 2 is 1.62 bits per heavy atom. The fraction of sp³-hybridized carbons (Fsp3) is 0.414. The highest BCUT2D eigenvalue weighted by atomic mass is 35.5. The topological polar surface area (TPSA) is 67.7 Å². The number of carbonyl (C=O) groups excluding carboxylic acids is 2. The summed E-state index contributed by atoms with van der Waals surface area (Å²) in [6, 6.07) is 15.8. The van der Waals surface area contributed by atoms with Gasteiger partial charge < -0.3 is 14.5 Å². The molecule has 1 saturated heterocycles. The van der Waals surface area contributed by atoms with Crippen LogP contribution in [0.4, 0.5) is 4.79 Å². The summed E-state index contributed by atoms with van der Waals surface area (Å²) in [6.45, 7) is 7.98. The Balaban J connectivity index is 1.44. The van der Waals surface area contributed by atoms with Crippen molar-refractivity contribution in [2.45, 2.75) is 58.1 Å². The number of ether oxygens (including phenoxy) is 1. The van der Waals surface area contributed by atoms with Crippen LogP contribution in [0.25, 0.3) is 5.69 Å². The first-order chi connectivity index (χ1) is 17.7. The van der Waals surface area contributed by atoms with Crippen molar-refractivity contribution in [2.24, 2.45) is 0 Å². The molecule has 0 unspecified atom stereocenters. The van der Waals surface area contributed by atoms with E-state index < -0.39 is 5.60 Å². The monoisotopic (exact) mass is 520 g/mol. The Morgan fingerprint density at radius 1 is 0.946 bits per heavy atom. The molecule has 2 amide bonds. The third-order valence-electron chi connectivity index (χ3n) is 7.07. The number of likely N-dealkylation sites (tertiary alicyclic amines) is 1. The number of fused-ring (bicyclic) bond motifs is 1. The molecule has 194 valence electrons. The number of carbonyl (C=O) groups is 2. The summed E-state index contributed by atoms with van der Waals surface area (Å²) < 4.78 is 7.39. The first-order valence-corrected chi connectivity index (χ1v) is 13.3. The van der Waals surface area contributed by atoms with Crippen molar-refractivity contribution in [3.05, 3.63) is 82.1 Å². The molecule has 0 N–H and O–H groups in total. The van der Waals surface area contributed by atoms with E-state index in [4.69, 9.17) is 16.3 Å². The average Bonchev–Trinajstić information content (AvgIpc) is 3.32. The van der Waals surface area contributed by atoms with Gasteiger partial charge in [0.2, 0.25) is 0 Å². The van der Waals surface area contributed by atoms with Crippen molar-refractivity contribution < 1.29 is 14.3 Å². The van der Waals surface area contributed by atoms with Crippen LogP contribution in [0.3, 0.4) is 0 Å². The van der Waals surface area contributed by atoms with E-state index in [1.807, 2.05) is 66.8 Å². The second kappa shape index (κ2) is 10.2. The number of amides is 2. The Morgan fingerprint density at radius 3 is 2.32 bits per heavy atom. The largest absolute Gasteiger partial charge is 0.444 e. The van der Waals surface area contributed by atoms with E-state index in [-0.39, 0.29) is 17.9 Å². The van der Waals surface area contributed by atoms with Crippen LogP contribution >= 0.6 is 11.6 Å². The maximum Gasteiger partial charge on any atom is 0.410 e. The van der Waals surface area contributed by atoms with Crippen LogP contribution in [0.2, 0.25) is 5.02 Å². The van der Waals surface area contributed by atoms with Crippen LogP contribution in [0.5, 0.6) is 0 Å². The van der Waals surface area contributed by atoms with Gasteiger partial charge in [-0.1, -0.05) is 48.0 Å². The third-order valence-corrected chi connectivity index (χ3v) is 7.39. The van der Waals surface area contributed by atoms with Crippen molar-refractivity contribution in [1.29, 1.82) is 0 Å². The van der Waals surface area contributed by atoms with Gasteiger partial charge in [0, 0.05) is 32.1 Å². The highest BCUT2D eigenvalue weighted by Gasteiger charge is 2.34. The lowest BCUT2D eigenvalue weighted by atomic mass is 9.90. The molecule has 0 atom stereocenters. The Bertz CT molecular complexity index is 1300. The van der Waals surface area contributed by atoms with Crippen molar-refractivity contribution in [3.63, 3.8) is 0 Å². The lowest BCUT2D eigenvalue weighted by Crippen LogP contribution is -2.42. The molecular weight excluding hydrogens is 488 g/mol. The molecule has 37 heavy (non-hydrogen) atoms. The smallest absolute Gasteiger partial charge is 0.410 e. The van der Waals surface area contributed by atoms with Gasteiger partial charge in [0.1, 0.15) is 5.60 Å². The van der Waals surface area contributed by atoms with Crippen molar-refractivity contribution in [3.8, 4) is 5.69 Å². The number of para-hydroxylation sites is 1. The number of halogens is 1. The van der Waals surface area contributed by atoms with Gasteiger partial charge in [0.05, 0.1) is 28.2 Å². The Hall–Kier alpha value is -3.32. The number of hydrogen-bond acceptors (Lipinski definition) is 4. The second-order valence-electron chi connectivity index (χ2n) is 10.8. The number of piperidine rings is 1. The standard InChI is InChI=1S/C29H33ClN4O3/c1-29(2,3)37-28(36)32-15-13-21(14-16-32)26-23(18-31-34(26)25-11-7-6-10-24(25)30)27(35)33-17-12-20-8-4-5-9-22(20)19-33/h4-11,18,21H,12-17,19H2,1-3H3. The summed E-state index contributed by atoms with van der Waals surface area (Å²) in [5.74, 6) is 0.0332. The molecular formula is C29H33ClN4O3. The molecule has 1 aromatic heterocycles. The fourth-order valence-electron chi connectivity index (χ4n) is 5.23. The van der Waals surface area contributed by atoms with E-state index in [1.165, 1.54) is 11.1 Å². The number of rotatable bonds is 3. The summed E-state index contributed by atoms with van der Waals surface area (Å²) in [6.07, 6.45) is 3.64. The predicted molar refractivity (Wildman–Crippen MR) is 143 cm³/mol. The molecule has 5 rings (SSSR count). The summed E-state index contributed by atoms with van der Waals surface area (Å²) in [7, 11) is 0. The molecule has 2 aromatic carbocycles. The number of aromatic nitrogens is 2. The molecule has 0 radical (unpaired) electrons. The van der Waals surface area contributed by atoms with Gasteiger partial charge >= 0.3 is 6.09 Å². The van der Waals surface area contributed by atoms with Gasteiger partial charge in [-0.3, -0.25) is 4.79 Å². The zero-order valence-electron chi connectivity index (χ0n) is 21.6. The van der Waals surface area contributed by atoms with E-state index in [0.29, 0.717) is 49.6 Å². The van der Waals surface area contributed by atoms with Crippen molar-refractivity contribution >= 4 is 23.6 Å². The Kier molecular flexibility index (Phi) is 6.99. The number of nitrogens with zero attached hydrogens (tertiary/aromatic N) is 4. The summed E-state index contributed by atoms with van der Waals surface area (Å²) in [5, 5.41) is 5.24. The number of hydrogen-bond donors (Lipinski definition) is 0. The SMILES string of the molecule is CC(C)(C)OC(=O)N1CCC(c2c(C(=O)N3CCc4ccccc4C3)cnn2-c2ccccc2Cl)CC1. The van der Waals surface area contributed by atoms with Crippen molar-refractivity contribution in [1.82, 2.24) is 19.6 Å². The van der Waals surface area contributed by atoms with Crippen LogP contribution in [0.1, 0.15) is 66.7 Å². The van der Waals surface area contributed by atoms with E-state index in [1.54, 1.807) is 11.1 Å². The second-order valence-corrected chi connectivity index (χ2v) is 11.2. The van der Waals surface area contributed by atoms with Crippen LogP contribution in [-0.4, -0.2) is 56.8 Å². The van der Waals surface area contributed by atoms with Crippen molar-refractivity contribution in [2.75, 3.05) is 19.6 Å². The zero-order chi connectivity index (χ0) is 26.2. The first-order valence-electron chi connectivity index (χ1n) is 12.9. The minimum absolute atomic E-state index is 0.0163. The molecule has 0 saturated carbocycles. The Labute approximate surface area is 223 Å². The summed E-state index contributed by atoms with van der Waals surface area (Å²) in [5.41, 5.74) is 4.16. The highest BCUT2D eigenvalue weighted by Crippen LogP contribution is 2.35. The molecule has 2 aliphatic rings. The minimum Gasteiger partial charge on any atom is -0.444 e. The van der Waals surface area contributed by atoms with E-state index in [9.17, 15) is 9.59 Å². The molecule has 2 aliphatic heterocycles. The van der Waals surface area contributed by atoms with Crippen LogP contribution in [0, 0.1) is 0 Å². The van der Waals surface area contributed by atoms with Gasteiger partial charge in [-0.15, -0.1) is 0 Å². The quantitative estimate of drug-likeness (QED) is 0.435. The lowest BCUT2D eigenvalue weighted by Gasteiger charge is -2.34. The van der Waals surface area contributed by atoms with Crippen LogP contribution in [0.15, 0.2) is 54.7 Å². The summed E-state index contributed by atoms with van der Waals surface area (Å²) >= 11 is 6.56. The first kappa shape index (κ1) is 25.3. The molecule has 8 heteroatoms. The molecule has 0 aliphatic carbocycles. The minimum atomic E-state index is -0.538. The summed E-state index contributed by atoms with van der Waals surface area (Å²) in [4.78, 5) is 30.2. The average molecular weight is 521 g/mol. The van der Waals surface area contributed by atoms with E-state index in [0.717, 1.165) is 17.8 Å². The molecule has 3 aromatic rings. The van der Waals surface area contributed by atoms with E-state index >= 15 is 0 Å². The molecule has 0 bridgehead atoms. The van der Waals surface area contributed by atoms with E-state index in [2.05, 4.69) is 17.2 Å². The maximum absolute atomic E-state index is 13.9.